The van der Waals surface area contributed by atoms with Crippen molar-refractivity contribution in [1.82, 2.24) is 15.6 Å². The summed E-state index contributed by atoms with van der Waals surface area (Å²) in [5, 5.41) is 6.60. The van der Waals surface area contributed by atoms with Crippen LogP contribution >= 0.6 is 24.0 Å². The summed E-state index contributed by atoms with van der Waals surface area (Å²) in [6.45, 7) is 8.35. The van der Waals surface area contributed by atoms with E-state index < -0.39 is 0 Å². The lowest BCUT2D eigenvalue weighted by Gasteiger charge is -2.11. The van der Waals surface area contributed by atoms with Crippen molar-refractivity contribution < 1.29 is 0 Å². The van der Waals surface area contributed by atoms with Gasteiger partial charge in [0.25, 0.3) is 0 Å². The molecule has 0 atom stereocenters. The second kappa shape index (κ2) is 10.2. The zero-order valence-corrected chi connectivity index (χ0v) is 16.3. The van der Waals surface area contributed by atoms with Crippen molar-refractivity contribution in [3.63, 3.8) is 0 Å². The number of rotatable bonds is 5. The summed E-state index contributed by atoms with van der Waals surface area (Å²) < 4.78 is 0. The molecule has 5 heteroatoms. The quantitative estimate of drug-likeness (QED) is 0.439. The lowest BCUT2D eigenvalue weighted by atomic mass is 10.1. The van der Waals surface area contributed by atoms with Crippen molar-refractivity contribution >= 4 is 29.9 Å². The number of nitrogens with one attached hydrogen (secondary N) is 2. The second-order valence-electron chi connectivity index (χ2n) is 5.25. The Morgan fingerprint density at radius 1 is 1.04 bits per heavy atom. The lowest BCUT2D eigenvalue weighted by molar-refractivity contribution is 0.796. The van der Waals surface area contributed by atoms with Crippen LogP contribution in [0.25, 0.3) is 0 Å². The monoisotopic (exact) mass is 424 g/mol. The largest absolute Gasteiger partial charge is 0.357 e. The molecule has 1 aromatic carbocycles. The lowest BCUT2D eigenvalue weighted by Crippen LogP contribution is -2.37. The number of aromatic nitrogens is 1. The normalized spacial score (nSPS) is 10.8. The predicted octanol–water partition coefficient (Wildman–Crippen LogP) is 3.57. The summed E-state index contributed by atoms with van der Waals surface area (Å²) in [6, 6.07) is 14.4. The van der Waals surface area contributed by atoms with Gasteiger partial charge in [-0.25, -0.2) is 4.99 Å². The highest BCUT2D eigenvalue weighted by Gasteiger charge is 2.01. The zero-order valence-electron chi connectivity index (χ0n) is 14.0. The molecule has 124 valence electrons. The highest BCUT2D eigenvalue weighted by atomic mass is 127. The van der Waals surface area contributed by atoms with Crippen LogP contribution in [0.15, 0.2) is 47.5 Å². The Bertz CT molecular complexity index is 640. The average molecular weight is 424 g/mol. The van der Waals surface area contributed by atoms with Gasteiger partial charge >= 0.3 is 0 Å². The maximum absolute atomic E-state index is 4.65. The number of halogens is 1. The molecule has 0 spiro atoms. The molecule has 0 aliphatic heterocycles. The van der Waals surface area contributed by atoms with E-state index in [2.05, 4.69) is 58.7 Å². The van der Waals surface area contributed by atoms with Gasteiger partial charge in [0.15, 0.2) is 5.96 Å². The summed E-state index contributed by atoms with van der Waals surface area (Å²) in [5.74, 6) is 0.814. The molecule has 0 unspecified atom stereocenters. The molecule has 2 aromatic rings. The van der Waals surface area contributed by atoms with E-state index in [0.717, 1.165) is 23.9 Å². The minimum absolute atomic E-state index is 0. The minimum atomic E-state index is 0. The van der Waals surface area contributed by atoms with E-state index in [0.29, 0.717) is 13.1 Å². The molecule has 0 bridgehead atoms. The first-order valence-electron chi connectivity index (χ1n) is 7.68. The van der Waals surface area contributed by atoms with E-state index in [1.54, 1.807) is 0 Å². The molecule has 2 rings (SSSR count). The Hall–Kier alpha value is -1.63. The van der Waals surface area contributed by atoms with Gasteiger partial charge in [-0.3, -0.25) is 4.98 Å². The molecule has 0 amide bonds. The van der Waals surface area contributed by atoms with Gasteiger partial charge in [0.1, 0.15) is 0 Å². The van der Waals surface area contributed by atoms with Crippen LogP contribution in [-0.2, 0) is 13.1 Å². The molecule has 0 aliphatic carbocycles. The molecule has 1 heterocycles. The summed E-state index contributed by atoms with van der Waals surface area (Å²) in [5.41, 5.74) is 4.55. The third-order valence-electron chi connectivity index (χ3n) is 3.40. The van der Waals surface area contributed by atoms with Gasteiger partial charge in [0.05, 0.1) is 18.8 Å². The number of aryl methyl sites for hydroxylation is 2. The van der Waals surface area contributed by atoms with Crippen LogP contribution in [0.5, 0.6) is 0 Å². The van der Waals surface area contributed by atoms with E-state index in [9.17, 15) is 0 Å². The number of benzene rings is 1. The number of nitrogens with zero attached hydrogens (tertiary/aromatic N) is 2. The van der Waals surface area contributed by atoms with E-state index in [1.165, 1.54) is 11.1 Å². The average Bonchev–Trinajstić information content (AvgIpc) is 2.51. The fourth-order valence-electron chi connectivity index (χ4n) is 2.17. The van der Waals surface area contributed by atoms with Crippen molar-refractivity contribution in [3.8, 4) is 0 Å². The molecular formula is C18H25IN4. The Morgan fingerprint density at radius 2 is 1.83 bits per heavy atom. The summed E-state index contributed by atoms with van der Waals surface area (Å²) >= 11 is 0. The SMILES string of the molecule is CCNC(=NCc1ccccc1C)NCc1cccc(C)n1.I. The first kappa shape index (κ1) is 19.4. The Morgan fingerprint density at radius 3 is 2.52 bits per heavy atom. The highest BCUT2D eigenvalue weighted by molar-refractivity contribution is 14.0. The van der Waals surface area contributed by atoms with Crippen LogP contribution in [0.2, 0.25) is 0 Å². The van der Waals surface area contributed by atoms with Crippen LogP contribution in [0.1, 0.15) is 29.4 Å². The molecule has 23 heavy (non-hydrogen) atoms. The molecule has 0 saturated carbocycles. The van der Waals surface area contributed by atoms with Gasteiger partial charge in [-0.05, 0) is 44.0 Å². The maximum Gasteiger partial charge on any atom is 0.191 e. The number of pyridine rings is 1. The van der Waals surface area contributed by atoms with Crippen LogP contribution in [0, 0.1) is 13.8 Å². The van der Waals surface area contributed by atoms with Crippen LogP contribution in [0.4, 0.5) is 0 Å². The Balaban J connectivity index is 0.00000264. The first-order valence-corrected chi connectivity index (χ1v) is 7.68. The molecular weight excluding hydrogens is 399 g/mol. The standard InChI is InChI=1S/C18H24N4.HI/c1-4-19-18(20-12-16-10-6-5-8-14(16)2)21-13-17-11-7-9-15(3)22-17;/h5-11H,4,12-13H2,1-3H3,(H2,19,20,21);1H. The predicted molar refractivity (Wildman–Crippen MR) is 107 cm³/mol. The van der Waals surface area contributed by atoms with Crippen LogP contribution in [-0.4, -0.2) is 17.5 Å². The third-order valence-corrected chi connectivity index (χ3v) is 3.40. The smallest absolute Gasteiger partial charge is 0.191 e. The Labute approximate surface area is 155 Å². The number of aliphatic imine (C=N–C) groups is 1. The molecule has 0 radical (unpaired) electrons. The third kappa shape index (κ3) is 6.56. The Kier molecular flexibility index (Phi) is 8.61. The first-order chi connectivity index (χ1) is 10.7. The summed E-state index contributed by atoms with van der Waals surface area (Å²) in [6.07, 6.45) is 0. The van der Waals surface area contributed by atoms with Gasteiger partial charge < -0.3 is 10.6 Å². The molecule has 0 fully saturated rings. The van der Waals surface area contributed by atoms with E-state index in [4.69, 9.17) is 0 Å². The zero-order chi connectivity index (χ0) is 15.8. The van der Waals surface area contributed by atoms with Crippen LogP contribution < -0.4 is 10.6 Å². The fraction of sp³-hybridized carbons (Fsp3) is 0.333. The summed E-state index contributed by atoms with van der Waals surface area (Å²) in [4.78, 5) is 9.14. The van der Waals surface area contributed by atoms with Crippen molar-refractivity contribution in [3.05, 3.63) is 65.0 Å². The van der Waals surface area contributed by atoms with Crippen LogP contribution in [0.3, 0.4) is 0 Å². The minimum Gasteiger partial charge on any atom is -0.357 e. The van der Waals surface area contributed by atoms with E-state index in [1.807, 2.05) is 25.1 Å². The van der Waals surface area contributed by atoms with Crippen molar-refractivity contribution in [1.29, 1.82) is 0 Å². The molecule has 4 nitrogen and oxygen atoms in total. The van der Waals surface area contributed by atoms with Crippen molar-refractivity contribution in [2.45, 2.75) is 33.9 Å². The maximum atomic E-state index is 4.65. The second-order valence-corrected chi connectivity index (χ2v) is 5.25. The van der Waals surface area contributed by atoms with Gasteiger partial charge in [-0.1, -0.05) is 30.3 Å². The number of hydrogen-bond donors (Lipinski definition) is 2. The number of hydrogen-bond acceptors (Lipinski definition) is 2. The molecule has 0 saturated heterocycles. The fourth-order valence-corrected chi connectivity index (χ4v) is 2.17. The molecule has 2 N–H and O–H groups in total. The van der Waals surface area contributed by atoms with E-state index in [-0.39, 0.29) is 24.0 Å². The van der Waals surface area contributed by atoms with Gasteiger partial charge in [0.2, 0.25) is 0 Å². The topological polar surface area (TPSA) is 49.3 Å². The van der Waals surface area contributed by atoms with Crippen molar-refractivity contribution in [2.24, 2.45) is 4.99 Å². The van der Waals surface area contributed by atoms with Gasteiger partial charge in [-0.15, -0.1) is 24.0 Å². The van der Waals surface area contributed by atoms with Crippen molar-refractivity contribution in [2.75, 3.05) is 6.54 Å². The van der Waals surface area contributed by atoms with E-state index >= 15 is 0 Å². The molecule has 1 aromatic heterocycles. The van der Waals surface area contributed by atoms with Gasteiger partial charge in [-0.2, -0.15) is 0 Å². The van der Waals surface area contributed by atoms with Gasteiger partial charge in [0, 0.05) is 12.2 Å². The number of guanidine groups is 1. The molecule has 0 aliphatic rings. The highest BCUT2D eigenvalue weighted by Crippen LogP contribution is 2.08. The summed E-state index contributed by atoms with van der Waals surface area (Å²) in [7, 11) is 0.